The summed E-state index contributed by atoms with van der Waals surface area (Å²) in [5.74, 6) is 0.0132. The van der Waals surface area contributed by atoms with Gasteiger partial charge in [-0.15, -0.1) is 0 Å². The van der Waals surface area contributed by atoms with Crippen molar-refractivity contribution in [3.8, 4) is 11.3 Å². The number of halogens is 1. The lowest BCUT2D eigenvalue weighted by Gasteiger charge is -2.34. The molecule has 0 bridgehead atoms. The first-order valence-corrected chi connectivity index (χ1v) is 11.8. The van der Waals surface area contributed by atoms with E-state index >= 15 is 0 Å². The maximum atomic E-state index is 13.6. The van der Waals surface area contributed by atoms with Crippen molar-refractivity contribution in [2.45, 2.75) is 0 Å². The van der Waals surface area contributed by atoms with E-state index in [1.165, 1.54) is 5.56 Å². The van der Waals surface area contributed by atoms with Crippen molar-refractivity contribution in [3.63, 3.8) is 0 Å². The molecule has 0 N–H and O–H groups in total. The quantitative estimate of drug-likeness (QED) is 0.392. The van der Waals surface area contributed by atoms with Crippen LogP contribution in [0.25, 0.3) is 28.2 Å². The summed E-state index contributed by atoms with van der Waals surface area (Å²) < 4.78 is 0. The van der Waals surface area contributed by atoms with Crippen molar-refractivity contribution in [2.24, 2.45) is 0 Å². The molecule has 0 spiro atoms. The number of fused-ring (bicyclic) bond motifs is 1. The highest BCUT2D eigenvalue weighted by Gasteiger charge is 2.24. The third-order valence-corrected chi connectivity index (χ3v) is 6.33. The van der Waals surface area contributed by atoms with Crippen LogP contribution in [0.1, 0.15) is 15.9 Å². The van der Waals surface area contributed by atoms with E-state index in [-0.39, 0.29) is 5.91 Å². The number of hydrogen-bond acceptors (Lipinski definition) is 4. The molecule has 4 aromatic rings. The van der Waals surface area contributed by atoms with Crippen LogP contribution in [0.4, 0.5) is 0 Å². The predicted molar refractivity (Wildman–Crippen MR) is 138 cm³/mol. The average molecular weight is 469 g/mol. The Balaban J connectivity index is 1.33. The second-order valence-corrected chi connectivity index (χ2v) is 8.80. The van der Waals surface area contributed by atoms with Crippen molar-refractivity contribution >= 4 is 34.5 Å². The summed E-state index contributed by atoms with van der Waals surface area (Å²) >= 11 is 6.27. The normalized spacial score (nSPS) is 14.7. The fourth-order valence-corrected chi connectivity index (χ4v) is 4.42. The molecule has 0 saturated carbocycles. The first-order valence-electron chi connectivity index (χ1n) is 11.4. The number of carbonyl (C=O) groups is 1. The van der Waals surface area contributed by atoms with Crippen LogP contribution in [0, 0.1) is 0 Å². The highest BCUT2D eigenvalue weighted by Crippen LogP contribution is 2.28. The molecule has 1 saturated heterocycles. The molecule has 2 aromatic carbocycles. The van der Waals surface area contributed by atoms with E-state index in [1.54, 1.807) is 18.5 Å². The van der Waals surface area contributed by atoms with Gasteiger partial charge in [0, 0.05) is 61.1 Å². The molecule has 3 heterocycles. The van der Waals surface area contributed by atoms with Crippen LogP contribution in [0.5, 0.6) is 0 Å². The number of benzene rings is 2. The molecule has 0 radical (unpaired) electrons. The monoisotopic (exact) mass is 468 g/mol. The maximum absolute atomic E-state index is 13.6. The SMILES string of the molecule is O=C(c1cc(-c2cccnc2)nc2ccc(Cl)cc12)N1CCN(CC=Cc2ccccc2)CC1. The van der Waals surface area contributed by atoms with Gasteiger partial charge in [-0.2, -0.15) is 0 Å². The van der Waals surface area contributed by atoms with Crippen molar-refractivity contribution in [2.75, 3.05) is 32.7 Å². The highest BCUT2D eigenvalue weighted by molar-refractivity contribution is 6.31. The number of aromatic nitrogens is 2. The molecule has 6 heteroatoms. The Labute approximate surface area is 204 Å². The van der Waals surface area contributed by atoms with Gasteiger partial charge >= 0.3 is 0 Å². The largest absolute Gasteiger partial charge is 0.336 e. The van der Waals surface area contributed by atoms with Crippen LogP contribution in [-0.2, 0) is 0 Å². The molecule has 1 aliphatic heterocycles. The minimum atomic E-state index is 0.0132. The molecule has 5 nitrogen and oxygen atoms in total. The second-order valence-electron chi connectivity index (χ2n) is 8.36. The Morgan fingerprint density at radius 1 is 0.971 bits per heavy atom. The lowest BCUT2D eigenvalue weighted by molar-refractivity contribution is 0.0652. The number of nitrogens with zero attached hydrogens (tertiary/aromatic N) is 4. The van der Waals surface area contributed by atoms with Crippen molar-refractivity contribution in [3.05, 3.63) is 101 Å². The first-order chi connectivity index (χ1) is 16.7. The molecule has 0 aliphatic carbocycles. The predicted octanol–water partition coefficient (Wildman–Crippen LogP) is 5.42. The fraction of sp³-hybridized carbons (Fsp3) is 0.179. The van der Waals surface area contributed by atoms with E-state index in [2.05, 4.69) is 34.2 Å². The number of piperazine rings is 1. The van der Waals surface area contributed by atoms with Crippen LogP contribution >= 0.6 is 11.6 Å². The van der Waals surface area contributed by atoms with E-state index in [1.807, 2.05) is 53.4 Å². The van der Waals surface area contributed by atoms with Gasteiger partial charge < -0.3 is 4.90 Å². The molecule has 1 amide bonds. The zero-order chi connectivity index (χ0) is 23.3. The van der Waals surface area contributed by atoms with Gasteiger partial charge in [-0.3, -0.25) is 14.7 Å². The van der Waals surface area contributed by atoms with Crippen molar-refractivity contribution in [1.82, 2.24) is 19.8 Å². The van der Waals surface area contributed by atoms with Crippen LogP contribution in [0.2, 0.25) is 5.02 Å². The van der Waals surface area contributed by atoms with Crippen LogP contribution in [0.15, 0.2) is 85.2 Å². The zero-order valence-corrected chi connectivity index (χ0v) is 19.5. The zero-order valence-electron chi connectivity index (χ0n) is 18.8. The Hall–Kier alpha value is -3.54. The van der Waals surface area contributed by atoms with E-state index in [0.29, 0.717) is 23.7 Å². The Kier molecular flexibility index (Phi) is 6.65. The topological polar surface area (TPSA) is 49.3 Å². The van der Waals surface area contributed by atoms with Crippen molar-refractivity contribution < 1.29 is 4.79 Å². The lowest BCUT2D eigenvalue weighted by atomic mass is 10.0. The second kappa shape index (κ2) is 10.2. The number of carbonyl (C=O) groups excluding carboxylic acids is 1. The van der Waals surface area contributed by atoms with Gasteiger partial charge in [0.2, 0.25) is 0 Å². The smallest absolute Gasteiger partial charge is 0.254 e. The Bertz CT molecular complexity index is 1320. The van der Waals surface area contributed by atoms with Crippen LogP contribution in [-0.4, -0.2) is 58.4 Å². The standard InChI is InChI=1S/C28H25ClN4O/c29-23-10-11-26-24(18-23)25(19-27(31-26)22-9-4-12-30-20-22)28(34)33-16-14-32(15-17-33)13-5-8-21-6-2-1-3-7-21/h1-12,18-20H,13-17H2. The van der Waals surface area contributed by atoms with Gasteiger partial charge in [-0.25, -0.2) is 4.98 Å². The summed E-state index contributed by atoms with van der Waals surface area (Å²) in [7, 11) is 0. The van der Waals surface area contributed by atoms with Gasteiger partial charge in [-0.05, 0) is 42.0 Å². The molecule has 0 atom stereocenters. The van der Waals surface area contributed by atoms with Gasteiger partial charge in [0.25, 0.3) is 5.91 Å². The van der Waals surface area contributed by atoms with Crippen LogP contribution in [0.3, 0.4) is 0 Å². The number of pyridine rings is 2. The fourth-order valence-electron chi connectivity index (χ4n) is 4.24. The van der Waals surface area contributed by atoms with Gasteiger partial charge in [0.1, 0.15) is 0 Å². The summed E-state index contributed by atoms with van der Waals surface area (Å²) in [6.45, 7) is 3.92. The van der Waals surface area contributed by atoms with Gasteiger partial charge in [0.05, 0.1) is 16.8 Å². The van der Waals surface area contributed by atoms with Crippen LogP contribution < -0.4 is 0 Å². The minimum Gasteiger partial charge on any atom is -0.336 e. The Morgan fingerprint density at radius 2 is 1.79 bits per heavy atom. The summed E-state index contributed by atoms with van der Waals surface area (Å²) in [5.41, 5.74) is 4.19. The minimum absolute atomic E-state index is 0.0132. The van der Waals surface area contributed by atoms with E-state index in [0.717, 1.165) is 41.8 Å². The maximum Gasteiger partial charge on any atom is 0.254 e. The summed E-state index contributed by atoms with van der Waals surface area (Å²) in [6, 6.07) is 21.5. The molecule has 170 valence electrons. The van der Waals surface area contributed by atoms with E-state index in [4.69, 9.17) is 16.6 Å². The molecular weight excluding hydrogens is 444 g/mol. The average Bonchev–Trinajstić information content (AvgIpc) is 2.89. The number of hydrogen-bond donors (Lipinski definition) is 0. The molecule has 1 fully saturated rings. The molecular formula is C28H25ClN4O. The van der Waals surface area contributed by atoms with E-state index in [9.17, 15) is 4.79 Å². The molecule has 0 unspecified atom stereocenters. The van der Waals surface area contributed by atoms with E-state index < -0.39 is 0 Å². The summed E-state index contributed by atoms with van der Waals surface area (Å²) in [5, 5.41) is 1.37. The Morgan fingerprint density at radius 3 is 2.56 bits per heavy atom. The lowest BCUT2D eigenvalue weighted by Crippen LogP contribution is -2.48. The molecule has 2 aromatic heterocycles. The summed E-state index contributed by atoms with van der Waals surface area (Å²) in [4.78, 5) is 26.9. The number of rotatable bonds is 5. The number of amides is 1. The van der Waals surface area contributed by atoms with Gasteiger partial charge in [0.15, 0.2) is 0 Å². The van der Waals surface area contributed by atoms with Gasteiger partial charge in [-0.1, -0.05) is 54.1 Å². The first kappa shape index (κ1) is 22.3. The molecule has 1 aliphatic rings. The molecule has 34 heavy (non-hydrogen) atoms. The highest BCUT2D eigenvalue weighted by atomic mass is 35.5. The molecule has 5 rings (SSSR count). The third kappa shape index (κ3) is 5.01. The summed E-state index contributed by atoms with van der Waals surface area (Å²) in [6.07, 6.45) is 7.82. The third-order valence-electron chi connectivity index (χ3n) is 6.09. The van der Waals surface area contributed by atoms with Crippen molar-refractivity contribution in [1.29, 1.82) is 0 Å².